The Hall–Kier alpha value is -2.57. The van der Waals surface area contributed by atoms with Crippen LogP contribution in [0.5, 0.6) is 0 Å². The number of para-hydroxylation sites is 1. The monoisotopic (exact) mass is 548 g/mol. The third-order valence-electron chi connectivity index (χ3n) is 7.83. The van der Waals surface area contributed by atoms with Crippen molar-refractivity contribution in [2.24, 2.45) is 0 Å². The summed E-state index contributed by atoms with van der Waals surface area (Å²) in [7, 11) is 0. The molecule has 4 atom stereocenters. The van der Waals surface area contributed by atoms with Crippen LogP contribution in [-0.4, -0.2) is 74.4 Å². The zero-order valence-electron chi connectivity index (χ0n) is 20.9. The van der Waals surface area contributed by atoms with Gasteiger partial charge in [-0.3, -0.25) is 9.69 Å². The second kappa shape index (κ2) is 10.5. The number of fused-ring (bicyclic) bond motifs is 2. The van der Waals surface area contributed by atoms with Crippen molar-refractivity contribution in [1.29, 1.82) is 0 Å². The Balaban J connectivity index is 1.17. The maximum atomic E-state index is 13.4. The number of aromatic nitrogens is 4. The van der Waals surface area contributed by atoms with Gasteiger partial charge in [-0.05, 0) is 44.2 Å². The molecule has 0 spiro atoms. The van der Waals surface area contributed by atoms with Gasteiger partial charge in [0.15, 0.2) is 0 Å². The number of hydrogen-bond donors (Lipinski definition) is 3. The summed E-state index contributed by atoms with van der Waals surface area (Å²) in [5.41, 5.74) is 1.62. The number of benzene rings is 1. The highest BCUT2D eigenvalue weighted by Gasteiger charge is 2.40. The van der Waals surface area contributed by atoms with E-state index in [1.54, 1.807) is 12.4 Å². The number of alkyl halides is 3. The highest BCUT2D eigenvalue weighted by Crippen LogP contribution is 2.44. The number of halogens is 3. The Bertz CT molecular complexity index is 1290. The lowest BCUT2D eigenvalue weighted by molar-refractivity contribution is -0.136. The summed E-state index contributed by atoms with van der Waals surface area (Å²) in [4.78, 5) is 30.4. The molecular weight excluding hydrogens is 517 g/mol. The number of aromatic amines is 2. The van der Waals surface area contributed by atoms with Crippen molar-refractivity contribution in [3.05, 3.63) is 47.3 Å². The topological polar surface area (TPSA) is 98.9 Å². The van der Waals surface area contributed by atoms with Crippen molar-refractivity contribution in [3.8, 4) is 0 Å². The highest BCUT2D eigenvalue weighted by molar-refractivity contribution is 8.00. The number of hydrogen-bond acceptors (Lipinski definition) is 6. The summed E-state index contributed by atoms with van der Waals surface area (Å²) in [5.74, 6) is -0.0139. The van der Waals surface area contributed by atoms with Gasteiger partial charge in [0.05, 0.1) is 41.3 Å². The number of H-pyrrole nitrogens is 2. The fourth-order valence-corrected chi connectivity index (χ4v) is 7.64. The van der Waals surface area contributed by atoms with Gasteiger partial charge in [0.25, 0.3) is 0 Å². The Labute approximate surface area is 222 Å². The smallest absolute Gasteiger partial charge is 0.381 e. The van der Waals surface area contributed by atoms with Gasteiger partial charge in [-0.1, -0.05) is 6.07 Å². The molecule has 1 aromatic carbocycles. The first-order valence-electron chi connectivity index (χ1n) is 13.2. The Morgan fingerprint density at radius 1 is 1.21 bits per heavy atom. The molecule has 3 aromatic rings. The van der Waals surface area contributed by atoms with Crippen molar-refractivity contribution in [2.45, 2.75) is 67.3 Å². The van der Waals surface area contributed by atoms with Crippen molar-refractivity contribution >= 4 is 28.7 Å². The molecule has 1 aliphatic carbocycles. The molecule has 8 nitrogen and oxygen atoms in total. The quantitative estimate of drug-likeness (QED) is 0.431. The van der Waals surface area contributed by atoms with E-state index in [9.17, 15) is 18.0 Å². The number of rotatable bonds is 6. The molecule has 1 amide bonds. The van der Waals surface area contributed by atoms with E-state index >= 15 is 0 Å². The number of likely N-dealkylation sites (tertiary alicyclic amines) is 1. The van der Waals surface area contributed by atoms with E-state index in [-0.39, 0.29) is 40.5 Å². The van der Waals surface area contributed by atoms with E-state index in [4.69, 9.17) is 4.74 Å². The summed E-state index contributed by atoms with van der Waals surface area (Å²) >= 11 is 1.89. The van der Waals surface area contributed by atoms with Crippen LogP contribution in [-0.2, 0) is 28.5 Å². The SMILES string of the molecule is O=C(Cc1nc2c(C(F)(F)F)cccc2[nH]1)NC1CN(C2CCCOCC2)C[C@@H]1SC1CCc2nc[nH]c21. The molecule has 0 bridgehead atoms. The number of nitrogens with zero attached hydrogens (tertiary/aromatic N) is 3. The molecule has 204 valence electrons. The van der Waals surface area contributed by atoms with E-state index in [2.05, 4.69) is 30.2 Å². The van der Waals surface area contributed by atoms with Crippen molar-refractivity contribution < 1.29 is 22.7 Å². The second-order valence-electron chi connectivity index (χ2n) is 10.3. The number of amides is 1. The number of carbonyl (C=O) groups is 1. The lowest BCUT2D eigenvalue weighted by atomic mass is 10.1. The van der Waals surface area contributed by atoms with Gasteiger partial charge in [-0.25, -0.2) is 9.97 Å². The fourth-order valence-electron chi connectivity index (χ4n) is 6.01. The molecule has 0 radical (unpaired) electrons. The number of carbonyl (C=O) groups excluding carboxylic acids is 1. The first kappa shape index (κ1) is 25.7. The summed E-state index contributed by atoms with van der Waals surface area (Å²) < 4.78 is 45.9. The average molecular weight is 549 g/mol. The number of imidazole rings is 2. The summed E-state index contributed by atoms with van der Waals surface area (Å²) in [6, 6.07) is 4.25. The van der Waals surface area contributed by atoms with E-state index < -0.39 is 11.7 Å². The molecule has 2 fully saturated rings. The molecule has 12 heteroatoms. The highest BCUT2D eigenvalue weighted by atomic mass is 32.2. The van der Waals surface area contributed by atoms with Crippen LogP contribution >= 0.6 is 11.8 Å². The van der Waals surface area contributed by atoms with Crippen LogP contribution in [0.25, 0.3) is 11.0 Å². The fraction of sp³-hybridized carbons (Fsp3) is 0.577. The zero-order valence-corrected chi connectivity index (χ0v) is 21.7. The molecular formula is C26H31F3N6O2S. The van der Waals surface area contributed by atoms with E-state index in [1.165, 1.54) is 11.8 Å². The average Bonchev–Trinajstić information content (AvgIpc) is 3.61. The van der Waals surface area contributed by atoms with Crippen LogP contribution < -0.4 is 5.32 Å². The molecule has 2 saturated heterocycles. The lowest BCUT2D eigenvalue weighted by Gasteiger charge is -2.26. The zero-order chi connectivity index (χ0) is 26.3. The number of nitrogens with one attached hydrogen (secondary N) is 3. The third kappa shape index (κ3) is 5.30. The van der Waals surface area contributed by atoms with Crippen molar-refractivity contribution in [1.82, 2.24) is 30.2 Å². The van der Waals surface area contributed by atoms with Crippen LogP contribution in [0.2, 0.25) is 0 Å². The summed E-state index contributed by atoms with van der Waals surface area (Å²) in [6.07, 6.45) is 2.20. The Morgan fingerprint density at radius 3 is 2.97 bits per heavy atom. The normalized spacial score (nSPS) is 26.5. The minimum Gasteiger partial charge on any atom is -0.381 e. The minimum absolute atomic E-state index is 0.0706. The maximum absolute atomic E-state index is 13.4. The van der Waals surface area contributed by atoms with Crippen LogP contribution in [0.4, 0.5) is 13.2 Å². The summed E-state index contributed by atoms with van der Waals surface area (Å²) in [6.45, 7) is 3.16. The van der Waals surface area contributed by atoms with Crippen LogP contribution in [0.3, 0.4) is 0 Å². The predicted octanol–water partition coefficient (Wildman–Crippen LogP) is 4.01. The second-order valence-corrected chi connectivity index (χ2v) is 11.8. The summed E-state index contributed by atoms with van der Waals surface area (Å²) in [5, 5.41) is 3.70. The maximum Gasteiger partial charge on any atom is 0.418 e. The lowest BCUT2D eigenvalue weighted by Crippen LogP contribution is -2.43. The predicted molar refractivity (Wildman–Crippen MR) is 138 cm³/mol. The molecule has 4 heterocycles. The molecule has 2 aliphatic heterocycles. The van der Waals surface area contributed by atoms with Crippen LogP contribution in [0.15, 0.2) is 24.5 Å². The molecule has 3 N–H and O–H groups in total. The van der Waals surface area contributed by atoms with Gasteiger partial charge in [0.1, 0.15) is 11.3 Å². The standard InChI is InChI=1S/C26H31F3N6O2S/c27-26(28,29)16-4-1-5-18-24(16)34-22(32-18)11-23(36)33-19-12-35(15-3-2-9-37-10-8-15)13-21(19)38-20-7-6-17-25(20)31-14-30-17/h1,4-5,14-15,19-21H,2-3,6-13H2,(H,30,31)(H,32,34)(H,33,36)/t15?,19?,20?,21-/m0/s1. The molecule has 3 aliphatic rings. The Kier molecular flexibility index (Phi) is 7.12. The van der Waals surface area contributed by atoms with E-state index in [0.29, 0.717) is 11.3 Å². The van der Waals surface area contributed by atoms with Gasteiger partial charge in [0.2, 0.25) is 5.91 Å². The van der Waals surface area contributed by atoms with Gasteiger partial charge in [0, 0.05) is 42.8 Å². The molecule has 3 unspecified atom stereocenters. The number of ether oxygens (including phenoxy) is 1. The molecule has 2 aromatic heterocycles. The van der Waals surface area contributed by atoms with Gasteiger partial charge in [-0.15, -0.1) is 11.8 Å². The van der Waals surface area contributed by atoms with Crippen LogP contribution in [0, 0.1) is 0 Å². The molecule has 0 saturated carbocycles. The van der Waals surface area contributed by atoms with Crippen molar-refractivity contribution in [3.63, 3.8) is 0 Å². The van der Waals surface area contributed by atoms with E-state index in [0.717, 1.165) is 70.2 Å². The molecule has 6 rings (SSSR count). The third-order valence-corrected chi connectivity index (χ3v) is 9.46. The largest absolute Gasteiger partial charge is 0.418 e. The molecule has 38 heavy (non-hydrogen) atoms. The van der Waals surface area contributed by atoms with Gasteiger partial charge >= 0.3 is 6.18 Å². The minimum atomic E-state index is -4.51. The first-order chi connectivity index (χ1) is 18.3. The Morgan fingerprint density at radius 2 is 2.11 bits per heavy atom. The van der Waals surface area contributed by atoms with Gasteiger partial charge < -0.3 is 20.0 Å². The van der Waals surface area contributed by atoms with Gasteiger partial charge in [-0.2, -0.15) is 13.2 Å². The van der Waals surface area contributed by atoms with Crippen molar-refractivity contribution in [2.75, 3.05) is 26.3 Å². The van der Waals surface area contributed by atoms with E-state index in [1.807, 2.05) is 11.8 Å². The number of aryl methyl sites for hydroxylation is 1. The van der Waals surface area contributed by atoms with Crippen LogP contribution in [0.1, 0.15) is 53.7 Å². The first-order valence-corrected chi connectivity index (χ1v) is 14.1. The number of thioether (sulfide) groups is 1.